The van der Waals surface area contributed by atoms with Gasteiger partial charge in [0.2, 0.25) is 17.7 Å². The number of halogens is 2. The molecule has 0 bridgehead atoms. The number of hydrogen-bond donors (Lipinski definition) is 0. The molecule has 1 unspecified atom stereocenters. The van der Waals surface area contributed by atoms with Crippen LogP contribution in [0.1, 0.15) is 49.8 Å². The zero-order valence-corrected chi connectivity index (χ0v) is 20.6. The third-order valence-electron chi connectivity index (χ3n) is 7.34. The van der Waals surface area contributed by atoms with Crippen LogP contribution in [-0.2, 0) is 17.8 Å². The maximum Gasteiger partial charge on any atom is 0.256 e. The smallest absolute Gasteiger partial charge is 0.256 e. The van der Waals surface area contributed by atoms with Gasteiger partial charge < -0.3 is 24.0 Å². The molecule has 1 aliphatic carbocycles. The lowest BCUT2D eigenvalue weighted by Gasteiger charge is -2.34. The number of hydrogen-bond acceptors (Lipinski definition) is 8. The fourth-order valence-electron chi connectivity index (χ4n) is 5.29. The Hall–Kier alpha value is -3.24. The Labute approximate surface area is 208 Å². The number of rotatable bonds is 6. The van der Waals surface area contributed by atoms with Gasteiger partial charge in [0.15, 0.2) is 12.0 Å². The monoisotopic (exact) mass is 503 g/mol. The highest BCUT2D eigenvalue weighted by molar-refractivity contribution is 5.79. The number of pyridine rings is 1. The maximum atomic E-state index is 13.6. The fourth-order valence-corrected chi connectivity index (χ4v) is 5.29. The lowest BCUT2D eigenvalue weighted by molar-refractivity contribution is -0.145. The van der Waals surface area contributed by atoms with Crippen molar-refractivity contribution in [1.82, 2.24) is 19.9 Å². The number of fused-ring (bicyclic) bond motifs is 1. The van der Waals surface area contributed by atoms with Crippen molar-refractivity contribution in [3.8, 4) is 17.5 Å². The van der Waals surface area contributed by atoms with Crippen molar-refractivity contribution >= 4 is 11.6 Å². The van der Waals surface area contributed by atoms with Gasteiger partial charge in [-0.05, 0) is 19.3 Å². The topological polar surface area (TPSA) is 89.9 Å². The summed E-state index contributed by atoms with van der Waals surface area (Å²) in [6, 6.07) is 1.88. The van der Waals surface area contributed by atoms with Crippen LogP contribution < -0.4 is 19.1 Å². The van der Waals surface area contributed by atoms with E-state index in [4.69, 9.17) is 14.2 Å². The molecule has 3 aliphatic rings. The number of amides is 1. The Kier molecular flexibility index (Phi) is 6.81. The van der Waals surface area contributed by atoms with Gasteiger partial charge in [-0.3, -0.25) is 4.79 Å². The molecular formula is C25H31F2N5O4. The first-order chi connectivity index (χ1) is 17.4. The Morgan fingerprint density at radius 2 is 1.86 bits per heavy atom. The quantitative estimate of drug-likeness (QED) is 0.591. The molecule has 2 aromatic rings. The molecule has 0 spiro atoms. The standard InChI is InChI=1S/C25H31F2N5O4/c1-34-20-12-17(13-28-23(20)35-2)31-11-7-19-18(14-31)22(30-15-29-19)36-21-4-3-10-32(21)24(33)16-5-8-25(26,27)9-6-16/h12-13,15-16,21H,3-11,14H2,1-2H3. The van der Waals surface area contributed by atoms with Gasteiger partial charge in [0.1, 0.15) is 6.33 Å². The molecule has 9 nitrogen and oxygen atoms in total. The summed E-state index contributed by atoms with van der Waals surface area (Å²) in [6.07, 6.45) is 4.91. The van der Waals surface area contributed by atoms with Gasteiger partial charge in [0.05, 0.1) is 43.9 Å². The van der Waals surface area contributed by atoms with E-state index in [1.165, 1.54) is 6.33 Å². The summed E-state index contributed by atoms with van der Waals surface area (Å²) in [4.78, 5) is 30.3. The molecule has 1 saturated carbocycles. The Morgan fingerprint density at radius 1 is 1.06 bits per heavy atom. The number of nitrogens with zero attached hydrogens (tertiary/aromatic N) is 5. The van der Waals surface area contributed by atoms with Crippen molar-refractivity contribution in [2.45, 2.75) is 63.6 Å². The van der Waals surface area contributed by atoms with E-state index in [1.807, 2.05) is 6.07 Å². The number of anilines is 1. The van der Waals surface area contributed by atoms with Crippen LogP contribution in [0.5, 0.6) is 17.5 Å². The summed E-state index contributed by atoms with van der Waals surface area (Å²) in [5, 5.41) is 0. The predicted molar refractivity (Wildman–Crippen MR) is 126 cm³/mol. The average Bonchev–Trinajstić information content (AvgIpc) is 3.36. The van der Waals surface area contributed by atoms with Crippen LogP contribution in [-0.4, -0.2) is 65.2 Å². The Morgan fingerprint density at radius 3 is 2.61 bits per heavy atom. The van der Waals surface area contributed by atoms with Crippen molar-refractivity contribution in [3.63, 3.8) is 0 Å². The minimum absolute atomic E-state index is 0.0889. The summed E-state index contributed by atoms with van der Waals surface area (Å²) in [5.41, 5.74) is 2.66. The summed E-state index contributed by atoms with van der Waals surface area (Å²) in [6.45, 7) is 1.81. The summed E-state index contributed by atoms with van der Waals surface area (Å²) in [7, 11) is 3.12. The van der Waals surface area contributed by atoms with E-state index in [9.17, 15) is 13.6 Å². The first-order valence-corrected chi connectivity index (χ1v) is 12.4. The zero-order chi connectivity index (χ0) is 25.3. The van der Waals surface area contributed by atoms with Gasteiger partial charge >= 0.3 is 0 Å². The van der Waals surface area contributed by atoms with Crippen LogP contribution >= 0.6 is 0 Å². The number of ether oxygens (including phenoxy) is 3. The fraction of sp³-hybridized carbons (Fsp3) is 0.600. The largest absolute Gasteiger partial charge is 0.491 e. The molecular weight excluding hydrogens is 472 g/mol. The number of aromatic nitrogens is 3. The van der Waals surface area contributed by atoms with E-state index in [0.29, 0.717) is 43.4 Å². The highest BCUT2D eigenvalue weighted by Gasteiger charge is 2.41. The highest BCUT2D eigenvalue weighted by atomic mass is 19.3. The molecule has 4 heterocycles. The first kappa shape index (κ1) is 24.5. The molecule has 1 atom stereocenters. The number of alkyl halides is 2. The molecule has 1 amide bonds. The van der Waals surface area contributed by atoms with Gasteiger partial charge in [0, 0.05) is 50.8 Å². The second kappa shape index (κ2) is 10.0. The minimum Gasteiger partial charge on any atom is -0.491 e. The van der Waals surface area contributed by atoms with Crippen LogP contribution in [0.15, 0.2) is 18.6 Å². The molecule has 194 valence electrons. The minimum atomic E-state index is -2.66. The molecule has 1 saturated heterocycles. The third kappa shape index (κ3) is 4.87. The summed E-state index contributed by atoms with van der Waals surface area (Å²) in [5.74, 6) is -1.71. The van der Waals surface area contributed by atoms with Gasteiger partial charge in [-0.1, -0.05) is 0 Å². The van der Waals surface area contributed by atoms with E-state index in [-0.39, 0.29) is 37.5 Å². The van der Waals surface area contributed by atoms with Crippen molar-refractivity contribution < 1.29 is 27.8 Å². The van der Waals surface area contributed by atoms with Gasteiger partial charge in [-0.15, -0.1) is 0 Å². The van der Waals surface area contributed by atoms with Crippen molar-refractivity contribution in [2.75, 3.05) is 32.2 Å². The summed E-state index contributed by atoms with van der Waals surface area (Å²) >= 11 is 0. The SMILES string of the molecule is COc1cc(N2CCc3ncnc(OC4CCCN4C(=O)C4CCC(F)(F)CC4)c3C2)cnc1OC. The highest BCUT2D eigenvalue weighted by Crippen LogP contribution is 2.38. The average molecular weight is 504 g/mol. The van der Waals surface area contributed by atoms with E-state index in [2.05, 4.69) is 19.9 Å². The summed E-state index contributed by atoms with van der Waals surface area (Å²) < 4.78 is 44.2. The van der Waals surface area contributed by atoms with Crippen LogP contribution in [0.2, 0.25) is 0 Å². The van der Waals surface area contributed by atoms with Gasteiger partial charge in [-0.25, -0.2) is 23.7 Å². The number of carbonyl (C=O) groups excluding carboxylic acids is 1. The molecule has 36 heavy (non-hydrogen) atoms. The molecule has 0 N–H and O–H groups in total. The van der Waals surface area contributed by atoms with Crippen molar-refractivity contribution in [3.05, 3.63) is 29.8 Å². The molecule has 2 aliphatic heterocycles. The Balaban J connectivity index is 1.32. The number of methoxy groups -OCH3 is 2. The predicted octanol–water partition coefficient (Wildman–Crippen LogP) is 3.60. The van der Waals surface area contributed by atoms with E-state index in [0.717, 1.165) is 29.9 Å². The third-order valence-corrected chi connectivity index (χ3v) is 7.34. The first-order valence-electron chi connectivity index (χ1n) is 12.4. The second-order valence-corrected chi connectivity index (χ2v) is 9.56. The maximum absolute atomic E-state index is 13.6. The molecule has 2 fully saturated rings. The van der Waals surface area contributed by atoms with E-state index in [1.54, 1.807) is 25.3 Å². The number of likely N-dealkylation sites (tertiary alicyclic amines) is 1. The second-order valence-electron chi connectivity index (χ2n) is 9.56. The molecule has 5 rings (SSSR count). The molecule has 0 radical (unpaired) electrons. The normalized spacial score (nSPS) is 21.7. The Bertz CT molecular complexity index is 1110. The molecule has 2 aromatic heterocycles. The van der Waals surface area contributed by atoms with Crippen LogP contribution in [0, 0.1) is 5.92 Å². The number of carbonyl (C=O) groups is 1. The molecule has 11 heteroatoms. The van der Waals surface area contributed by atoms with Gasteiger partial charge in [-0.2, -0.15) is 0 Å². The van der Waals surface area contributed by atoms with Crippen molar-refractivity contribution in [1.29, 1.82) is 0 Å². The molecule has 0 aromatic carbocycles. The van der Waals surface area contributed by atoms with Crippen molar-refractivity contribution in [2.24, 2.45) is 5.92 Å². The van der Waals surface area contributed by atoms with Crippen LogP contribution in [0.3, 0.4) is 0 Å². The lowest BCUT2D eigenvalue weighted by Crippen LogP contribution is -2.44. The lowest BCUT2D eigenvalue weighted by atomic mass is 9.86. The van der Waals surface area contributed by atoms with Crippen LogP contribution in [0.25, 0.3) is 0 Å². The van der Waals surface area contributed by atoms with Gasteiger partial charge in [0.25, 0.3) is 5.88 Å². The van der Waals surface area contributed by atoms with E-state index < -0.39 is 12.2 Å². The zero-order valence-electron chi connectivity index (χ0n) is 20.6. The van der Waals surface area contributed by atoms with Crippen LogP contribution in [0.4, 0.5) is 14.5 Å². The van der Waals surface area contributed by atoms with E-state index >= 15 is 0 Å².